The molecule has 0 saturated carbocycles. The number of hydrogen-bond donors (Lipinski definition) is 3. The summed E-state index contributed by atoms with van der Waals surface area (Å²) in [6.07, 6.45) is 0. The van der Waals surface area contributed by atoms with Crippen LogP contribution in [0.4, 0.5) is 10.1 Å². The lowest BCUT2D eigenvalue weighted by atomic mass is 10.1. The number of carbonyl (C=O) groups is 3. The van der Waals surface area contributed by atoms with Gasteiger partial charge in [0.25, 0.3) is 11.8 Å². The van der Waals surface area contributed by atoms with E-state index in [2.05, 4.69) is 10.6 Å². The van der Waals surface area contributed by atoms with Gasteiger partial charge in [0.05, 0.1) is 0 Å². The first-order valence-corrected chi connectivity index (χ1v) is 7.04. The van der Waals surface area contributed by atoms with Gasteiger partial charge in [0.1, 0.15) is 12.4 Å². The number of nitrogens with one attached hydrogen (secondary N) is 2. The molecule has 6 nitrogen and oxygen atoms in total. The normalized spacial score (nSPS) is 10.1. The van der Waals surface area contributed by atoms with E-state index in [-0.39, 0.29) is 11.1 Å². The minimum absolute atomic E-state index is 0.148. The fourth-order valence-corrected chi connectivity index (χ4v) is 1.98. The first kappa shape index (κ1) is 17.1. The Hall–Kier alpha value is -3.22. The molecule has 3 N–H and O–H groups in total. The number of rotatable bonds is 5. The molecular weight excluding hydrogens is 315 g/mol. The van der Waals surface area contributed by atoms with Gasteiger partial charge in [-0.2, -0.15) is 0 Å². The number of aryl methyl sites for hydroxylation is 1. The van der Waals surface area contributed by atoms with E-state index in [0.717, 1.165) is 6.07 Å². The predicted octanol–water partition coefficient (Wildman–Crippen LogP) is 2.20. The minimum atomic E-state index is -1.16. The smallest absolute Gasteiger partial charge is 0.322 e. The lowest BCUT2D eigenvalue weighted by Crippen LogP contribution is -2.29. The van der Waals surface area contributed by atoms with Crippen LogP contribution in [0.2, 0.25) is 0 Å². The van der Waals surface area contributed by atoms with Crippen molar-refractivity contribution in [1.82, 2.24) is 5.32 Å². The highest BCUT2D eigenvalue weighted by atomic mass is 19.1. The molecule has 0 aliphatic heterocycles. The van der Waals surface area contributed by atoms with Crippen LogP contribution in [-0.2, 0) is 4.79 Å². The lowest BCUT2D eigenvalue weighted by Gasteiger charge is -2.11. The van der Waals surface area contributed by atoms with E-state index in [9.17, 15) is 18.8 Å². The first-order valence-electron chi connectivity index (χ1n) is 7.04. The topological polar surface area (TPSA) is 95.5 Å². The number of hydrogen-bond acceptors (Lipinski definition) is 3. The average Bonchev–Trinajstić information content (AvgIpc) is 2.54. The summed E-state index contributed by atoms with van der Waals surface area (Å²) in [5.74, 6) is -2.77. The molecule has 2 amide bonds. The number of aliphatic carboxylic acids is 1. The number of carboxylic acids is 1. The Morgan fingerprint density at radius 1 is 1.04 bits per heavy atom. The van der Waals surface area contributed by atoms with Crippen molar-refractivity contribution in [3.8, 4) is 0 Å². The van der Waals surface area contributed by atoms with Gasteiger partial charge in [0.15, 0.2) is 0 Å². The van der Waals surface area contributed by atoms with Crippen LogP contribution in [0, 0.1) is 12.7 Å². The summed E-state index contributed by atoms with van der Waals surface area (Å²) in [7, 11) is 0. The van der Waals surface area contributed by atoms with Crippen LogP contribution in [0.5, 0.6) is 0 Å². The fourth-order valence-electron chi connectivity index (χ4n) is 1.98. The van der Waals surface area contributed by atoms with Crippen LogP contribution in [0.15, 0.2) is 42.5 Å². The maximum Gasteiger partial charge on any atom is 0.322 e. The molecule has 0 fully saturated rings. The molecule has 2 rings (SSSR count). The summed E-state index contributed by atoms with van der Waals surface area (Å²) < 4.78 is 13.2. The van der Waals surface area contributed by atoms with Gasteiger partial charge in [-0.1, -0.05) is 12.1 Å². The fraction of sp³-hybridized carbons (Fsp3) is 0.118. The van der Waals surface area contributed by atoms with Gasteiger partial charge in [-0.25, -0.2) is 4.39 Å². The molecule has 0 saturated heterocycles. The third-order valence-electron chi connectivity index (χ3n) is 3.23. The van der Waals surface area contributed by atoms with Gasteiger partial charge in [0.2, 0.25) is 0 Å². The van der Waals surface area contributed by atoms with Crippen molar-refractivity contribution in [2.75, 3.05) is 11.9 Å². The van der Waals surface area contributed by atoms with E-state index in [1.54, 1.807) is 13.0 Å². The highest BCUT2D eigenvalue weighted by Gasteiger charge is 2.12. The van der Waals surface area contributed by atoms with E-state index in [4.69, 9.17) is 5.11 Å². The molecule has 0 aliphatic rings. The summed E-state index contributed by atoms with van der Waals surface area (Å²) in [5.41, 5.74) is 1.44. The van der Waals surface area contributed by atoms with E-state index >= 15 is 0 Å². The van der Waals surface area contributed by atoms with Gasteiger partial charge < -0.3 is 15.7 Å². The zero-order valence-corrected chi connectivity index (χ0v) is 12.8. The second kappa shape index (κ2) is 7.36. The quantitative estimate of drug-likeness (QED) is 0.783. The molecule has 2 aromatic rings. The van der Waals surface area contributed by atoms with Crippen LogP contribution in [0.25, 0.3) is 0 Å². The zero-order valence-electron chi connectivity index (χ0n) is 12.8. The van der Waals surface area contributed by atoms with Gasteiger partial charge in [-0.05, 0) is 42.8 Å². The summed E-state index contributed by atoms with van der Waals surface area (Å²) >= 11 is 0. The Labute approximate surface area is 137 Å². The SMILES string of the molecule is Cc1ccc(C(=O)NCC(=O)O)cc1NC(=O)c1cccc(F)c1. The van der Waals surface area contributed by atoms with Gasteiger partial charge in [0, 0.05) is 16.8 Å². The standard InChI is InChI=1S/C17H15FN2O4/c1-10-5-6-12(16(23)19-9-15(21)22)8-14(10)20-17(24)11-3-2-4-13(18)7-11/h2-8H,9H2,1H3,(H,19,23)(H,20,24)(H,21,22). The predicted molar refractivity (Wildman–Crippen MR) is 85.5 cm³/mol. The van der Waals surface area contributed by atoms with Crippen LogP contribution in [0.1, 0.15) is 26.3 Å². The third-order valence-corrected chi connectivity index (χ3v) is 3.23. The number of anilines is 1. The molecule has 0 bridgehead atoms. The third kappa shape index (κ3) is 4.39. The molecule has 0 unspecified atom stereocenters. The largest absolute Gasteiger partial charge is 0.480 e. The van der Waals surface area contributed by atoms with Crippen molar-refractivity contribution in [3.63, 3.8) is 0 Å². The van der Waals surface area contributed by atoms with Gasteiger partial charge in [-0.3, -0.25) is 14.4 Å². The highest BCUT2D eigenvalue weighted by molar-refractivity contribution is 6.05. The number of carboxylic acid groups (broad SMARTS) is 1. The maximum atomic E-state index is 13.2. The number of carbonyl (C=O) groups excluding carboxylic acids is 2. The van der Waals surface area contributed by atoms with Crippen molar-refractivity contribution in [2.45, 2.75) is 6.92 Å². The summed E-state index contributed by atoms with van der Waals surface area (Å²) in [4.78, 5) is 34.5. The van der Waals surface area contributed by atoms with Crippen molar-refractivity contribution in [1.29, 1.82) is 0 Å². The Morgan fingerprint density at radius 3 is 2.42 bits per heavy atom. The average molecular weight is 330 g/mol. The van der Waals surface area contributed by atoms with E-state index in [1.807, 2.05) is 0 Å². The first-order chi connectivity index (χ1) is 11.4. The molecule has 0 radical (unpaired) electrons. The van der Waals surface area contributed by atoms with Crippen molar-refractivity contribution in [2.24, 2.45) is 0 Å². The van der Waals surface area contributed by atoms with E-state index in [1.165, 1.54) is 30.3 Å². The molecule has 24 heavy (non-hydrogen) atoms. The van der Waals surface area contributed by atoms with Crippen LogP contribution in [-0.4, -0.2) is 29.4 Å². The summed E-state index contributed by atoms with van der Waals surface area (Å²) in [5, 5.41) is 13.4. The molecule has 0 spiro atoms. The molecule has 7 heteroatoms. The molecule has 0 heterocycles. The van der Waals surface area contributed by atoms with Crippen LogP contribution >= 0.6 is 0 Å². The van der Waals surface area contributed by atoms with Crippen molar-refractivity contribution >= 4 is 23.5 Å². The molecular formula is C17H15FN2O4. The molecule has 0 aromatic heterocycles. The van der Waals surface area contributed by atoms with Crippen LogP contribution in [0.3, 0.4) is 0 Å². The zero-order chi connectivity index (χ0) is 17.7. The van der Waals surface area contributed by atoms with Crippen molar-refractivity contribution < 1.29 is 23.9 Å². The minimum Gasteiger partial charge on any atom is -0.480 e. The Bertz CT molecular complexity index is 805. The molecule has 0 atom stereocenters. The second-order valence-corrected chi connectivity index (χ2v) is 5.07. The van der Waals surface area contributed by atoms with Crippen molar-refractivity contribution in [3.05, 3.63) is 65.0 Å². The Balaban J connectivity index is 2.18. The summed E-state index contributed by atoms with van der Waals surface area (Å²) in [6.45, 7) is 1.23. The molecule has 124 valence electrons. The number of amides is 2. The van der Waals surface area contributed by atoms with Gasteiger partial charge in [-0.15, -0.1) is 0 Å². The lowest BCUT2D eigenvalue weighted by molar-refractivity contribution is -0.135. The van der Waals surface area contributed by atoms with E-state index < -0.39 is 30.1 Å². The van der Waals surface area contributed by atoms with Crippen LogP contribution < -0.4 is 10.6 Å². The number of benzene rings is 2. The Morgan fingerprint density at radius 2 is 1.75 bits per heavy atom. The van der Waals surface area contributed by atoms with E-state index in [0.29, 0.717) is 11.3 Å². The molecule has 2 aromatic carbocycles. The second-order valence-electron chi connectivity index (χ2n) is 5.07. The van der Waals surface area contributed by atoms with Gasteiger partial charge >= 0.3 is 5.97 Å². The monoisotopic (exact) mass is 330 g/mol. The summed E-state index contributed by atoms with van der Waals surface area (Å²) in [6, 6.07) is 9.80. The highest BCUT2D eigenvalue weighted by Crippen LogP contribution is 2.18. The molecule has 0 aliphatic carbocycles. The maximum absolute atomic E-state index is 13.2. The Kier molecular flexibility index (Phi) is 5.26. The number of halogens is 1.